The van der Waals surface area contributed by atoms with Gasteiger partial charge in [0.1, 0.15) is 12.2 Å². The predicted molar refractivity (Wildman–Crippen MR) is 220 cm³/mol. The van der Waals surface area contributed by atoms with Crippen LogP contribution in [-0.4, -0.2) is 156 Å². The highest BCUT2D eigenvalue weighted by atomic mass is 35.5. The summed E-state index contributed by atoms with van der Waals surface area (Å²) in [5.74, 6) is -11.1. The molecule has 13 unspecified atom stereocenters. The number of alkyl halides is 17. The van der Waals surface area contributed by atoms with Gasteiger partial charge in [0.15, 0.2) is 6.10 Å². The molecule has 466 valence electrons. The van der Waals surface area contributed by atoms with E-state index in [0.717, 1.165) is 27.7 Å². The van der Waals surface area contributed by atoms with E-state index in [2.05, 4.69) is 75.8 Å². The number of hydrogen-bond acceptors (Lipinski definition) is 24. The van der Waals surface area contributed by atoms with Gasteiger partial charge in [-0.25, -0.2) is 47.1 Å². The maximum absolute atomic E-state index is 12.7. The third-order valence-corrected chi connectivity index (χ3v) is 10.5. The summed E-state index contributed by atoms with van der Waals surface area (Å²) in [6.45, 7) is 13.5. The quantitative estimate of drug-likeness (QED) is 0.107. The Morgan fingerprint density at radius 3 is 0.950 bits per heavy atom. The van der Waals surface area contributed by atoms with Crippen molar-refractivity contribution in [1.82, 2.24) is 0 Å². The summed E-state index contributed by atoms with van der Waals surface area (Å²) in [6, 6.07) is 0. The van der Waals surface area contributed by atoms with Crippen molar-refractivity contribution in [3.63, 3.8) is 0 Å². The molecule has 8 heterocycles. The Balaban J connectivity index is 0.000000892. The SMILES string of the molecule is C.CC(F)(F)C1OC(=O)OC1(F)F.CC1(Cl)OC(=O)OC1(C)Cl.CC1(F)OC(=O)OC1(C)F.CC1OC(=O)OC1(C)F.CC1OC(=O)OC1(F)F.CC1OC(=O)OC1C.CCC1OC(=O)OC1(F)F.O=C1OC(F)C(C(F)(F)F)O1. The van der Waals surface area contributed by atoms with E-state index in [4.69, 9.17) is 23.2 Å². The summed E-state index contributed by atoms with van der Waals surface area (Å²) in [4.78, 5) is 81.0. The van der Waals surface area contributed by atoms with Gasteiger partial charge in [-0.1, -0.05) is 37.6 Å². The van der Waals surface area contributed by atoms with Crippen molar-refractivity contribution in [2.75, 3.05) is 0 Å². The van der Waals surface area contributed by atoms with Crippen LogP contribution >= 0.6 is 23.2 Å². The zero-order valence-electron chi connectivity index (χ0n) is 41.5. The van der Waals surface area contributed by atoms with Crippen LogP contribution in [0.3, 0.4) is 0 Å². The fourth-order valence-corrected chi connectivity index (χ4v) is 4.72. The lowest BCUT2D eigenvalue weighted by molar-refractivity contribution is -0.246. The summed E-state index contributed by atoms with van der Waals surface area (Å²) in [6.07, 6.45) is -37.9. The molecular formula is C39H47Cl2F15O24. The Labute approximate surface area is 449 Å². The molecule has 13 atom stereocenters. The topological polar surface area (TPSA) is 284 Å². The van der Waals surface area contributed by atoms with Crippen LogP contribution in [0.5, 0.6) is 0 Å². The van der Waals surface area contributed by atoms with Crippen LogP contribution in [0.15, 0.2) is 0 Å². The molecule has 0 aromatic heterocycles. The lowest BCUT2D eigenvalue weighted by Gasteiger charge is -2.22. The summed E-state index contributed by atoms with van der Waals surface area (Å²) in [7, 11) is 0. The first-order valence-electron chi connectivity index (χ1n) is 21.0. The highest BCUT2D eigenvalue weighted by molar-refractivity contribution is 6.34. The zero-order chi connectivity index (χ0) is 62.3. The number of rotatable bonds is 2. The molecule has 8 fully saturated rings. The maximum atomic E-state index is 12.7. The second-order valence-corrected chi connectivity index (χ2v) is 17.8. The van der Waals surface area contributed by atoms with E-state index in [1.165, 1.54) is 27.7 Å². The summed E-state index contributed by atoms with van der Waals surface area (Å²) in [5, 5.41) is -2.54. The molecule has 41 heteroatoms. The van der Waals surface area contributed by atoms with Crippen LogP contribution in [0.2, 0.25) is 0 Å². The Morgan fingerprint density at radius 1 is 0.450 bits per heavy atom. The molecule has 0 saturated carbocycles. The van der Waals surface area contributed by atoms with Crippen LogP contribution in [-0.2, 0) is 75.8 Å². The largest absolute Gasteiger partial charge is 0.514 e. The standard InChI is InChI=1S/C5H6Cl2O3.C5H4F4O3.2C5H6F2O3.C5H7FO3.C5H8O3.C4H2F4O3.C4H4F2O3.CH4/c1-4(6)5(2,7)10-3(8)9-4;1-4(6,7)2-5(8,9)12-3(10)11-2;1-4(6)5(2,7)10-3(8)9-4;1-2-3-5(6,7)10-4(8)9-3;1-3-5(2,6)9-4(7)8-3;1-3-4(2)8-5(6)7-3;5-2-1(4(6,7)8)10-3(9)11-2;1-2-4(5,6)9-3(7)8-2;/h1-2H3;2H,1H3;1-2H3;3H,2H2,1H3;3H,1-2H3;3-4H,1-2H3;1-2H;2H,1H3;1H4. The minimum atomic E-state index is -4.91. The molecule has 0 amide bonds. The lowest BCUT2D eigenvalue weighted by Crippen LogP contribution is -2.43. The zero-order valence-corrected chi connectivity index (χ0v) is 43.1. The second-order valence-electron chi connectivity index (χ2n) is 16.3. The number of halogens is 17. The predicted octanol–water partition coefficient (Wildman–Crippen LogP) is 12.2. The van der Waals surface area contributed by atoms with E-state index in [-0.39, 0.29) is 33.0 Å². The lowest BCUT2D eigenvalue weighted by atomic mass is 10.2. The van der Waals surface area contributed by atoms with Crippen molar-refractivity contribution < 1.29 is 180 Å². The number of cyclic esters (lactones) is 16. The first kappa shape index (κ1) is 73.7. The summed E-state index contributed by atoms with van der Waals surface area (Å²) >= 11 is 11.3. The fourth-order valence-electron chi connectivity index (χ4n) is 4.52. The van der Waals surface area contributed by atoms with Crippen LogP contribution < -0.4 is 0 Å². The van der Waals surface area contributed by atoms with Gasteiger partial charge >= 0.3 is 85.5 Å². The Bertz CT molecular complexity index is 2080. The first-order chi connectivity index (χ1) is 35.1. The molecule has 8 rings (SSSR count). The average Bonchev–Trinajstić information content (AvgIpc) is 4.05. The smallest absolute Gasteiger partial charge is 0.427 e. The average molecular weight is 1260 g/mol. The van der Waals surface area contributed by atoms with Crippen molar-refractivity contribution in [2.45, 2.75) is 197 Å². The van der Waals surface area contributed by atoms with Crippen LogP contribution in [0.25, 0.3) is 0 Å². The summed E-state index contributed by atoms with van der Waals surface area (Å²) in [5.41, 5.74) is 0. The number of hydrogen-bond donors (Lipinski definition) is 0. The third-order valence-electron chi connectivity index (χ3n) is 9.56. The highest BCUT2D eigenvalue weighted by Crippen LogP contribution is 2.43. The molecule has 0 aromatic carbocycles. The van der Waals surface area contributed by atoms with Gasteiger partial charge in [0, 0.05) is 27.7 Å². The molecule has 0 bridgehead atoms. The molecule has 0 aromatic rings. The van der Waals surface area contributed by atoms with E-state index < -0.39 is 144 Å². The molecule has 24 nitrogen and oxygen atoms in total. The van der Waals surface area contributed by atoms with Gasteiger partial charge in [-0.05, 0) is 48.0 Å². The molecule has 8 aliphatic heterocycles. The molecule has 80 heavy (non-hydrogen) atoms. The van der Waals surface area contributed by atoms with Gasteiger partial charge in [0.25, 0.3) is 30.3 Å². The van der Waals surface area contributed by atoms with Crippen molar-refractivity contribution in [3.05, 3.63) is 0 Å². The van der Waals surface area contributed by atoms with Gasteiger partial charge in [0.05, 0.1) is 0 Å². The van der Waals surface area contributed by atoms with Crippen molar-refractivity contribution in [1.29, 1.82) is 0 Å². The normalized spacial score (nSPS) is 35.8. The Morgan fingerprint density at radius 2 is 0.812 bits per heavy atom. The van der Waals surface area contributed by atoms with E-state index >= 15 is 0 Å². The van der Waals surface area contributed by atoms with Crippen LogP contribution in [0.1, 0.15) is 90.0 Å². The van der Waals surface area contributed by atoms with E-state index in [1.54, 1.807) is 13.8 Å². The molecule has 0 aliphatic carbocycles. The van der Waals surface area contributed by atoms with Crippen molar-refractivity contribution >= 4 is 72.4 Å². The van der Waals surface area contributed by atoms with E-state index in [0.29, 0.717) is 0 Å². The second kappa shape index (κ2) is 26.5. The first-order valence-corrected chi connectivity index (χ1v) is 21.7. The minimum Gasteiger partial charge on any atom is -0.427 e. The van der Waals surface area contributed by atoms with Crippen molar-refractivity contribution in [2.24, 2.45) is 0 Å². The molecule has 8 saturated heterocycles. The van der Waals surface area contributed by atoms with E-state index in [1.807, 2.05) is 0 Å². The number of ether oxygens (including phenoxy) is 16. The van der Waals surface area contributed by atoms with Crippen LogP contribution in [0, 0.1) is 0 Å². The van der Waals surface area contributed by atoms with Crippen molar-refractivity contribution in [3.8, 4) is 0 Å². The Kier molecular flexibility index (Phi) is 24.4. The van der Waals surface area contributed by atoms with Gasteiger partial charge in [-0.2, -0.15) is 57.1 Å². The maximum Gasteiger partial charge on any atom is 0.514 e. The number of carbonyl (C=O) groups is 8. The minimum absolute atomic E-state index is 0. The van der Waals surface area contributed by atoms with Gasteiger partial charge in [0.2, 0.25) is 22.3 Å². The molecule has 8 aliphatic rings. The summed E-state index contributed by atoms with van der Waals surface area (Å²) < 4.78 is 246. The van der Waals surface area contributed by atoms with E-state index in [9.17, 15) is 104 Å². The van der Waals surface area contributed by atoms with Gasteiger partial charge in [-0.15, -0.1) is 0 Å². The molecule has 0 radical (unpaired) electrons. The Hall–Kier alpha value is -6.31. The molecule has 0 spiro atoms. The molecule has 0 N–H and O–H groups in total. The van der Waals surface area contributed by atoms with Gasteiger partial charge in [-0.3, -0.25) is 0 Å². The van der Waals surface area contributed by atoms with Crippen LogP contribution in [0.4, 0.5) is 104 Å². The highest BCUT2D eigenvalue weighted by Gasteiger charge is 2.64. The monoisotopic (exact) mass is 1250 g/mol. The molecular weight excluding hydrogens is 1210 g/mol. The number of carbonyl (C=O) groups excluding carboxylic acids is 8. The van der Waals surface area contributed by atoms with Gasteiger partial charge < -0.3 is 75.8 Å². The third kappa shape index (κ3) is 21.3. The fraction of sp³-hybridized carbons (Fsp3) is 0.795.